The third kappa shape index (κ3) is 3.65. The fraction of sp³-hybridized carbons (Fsp3) is 0.667. The number of carbonyl (C=O) groups is 1. The van der Waals surface area contributed by atoms with Crippen LogP contribution >= 0.6 is 0 Å². The van der Waals surface area contributed by atoms with Crippen molar-refractivity contribution in [1.29, 1.82) is 0 Å². The van der Waals surface area contributed by atoms with E-state index in [1.807, 2.05) is 4.68 Å². The monoisotopic (exact) mass is 250 g/mol. The Hall–Kier alpha value is -1.72. The molecule has 1 aliphatic carbocycles. The second kappa shape index (κ2) is 6.28. The van der Waals surface area contributed by atoms with Crippen LogP contribution in [0, 0.1) is 5.92 Å². The Kier molecular flexibility index (Phi) is 4.44. The number of hydrogen-bond donors (Lipinski definition) is 0. The van der Waals surface area contributed by atoms with Crippen molar-refractivity contribution in [1.82, 2.24) is 14.8 Å². The van der Waals surface area contributed by atoms with E-state index in [-0.39, 0.29) is 12.0 Å². The molecule has 1 aromatic heterocycles. The molecule has 1 aromatic rings. The van der Waals surface area contributed by atoms with Gasteiger partial charge in [-0.3, -0.25) is 9.67 Å². The van der Waals surface area contributed by atoms with Gasteiger partial charge in [0.25, 0.3) is 0 Å². The first-order chi connectivity index (χ1) is 8.78. The predicted octanol–water partition coefficient (Wildman–Crippen LogP) is 1.08. The topological polar surface area (TPSA) is 69.4 Å². The number of aliphatic imine (C=N–C) groups is 1. The molecule has 1 saturated carbocycles. The van der Waals surface area contributed by atoms with Crippen molar-refractivity contribution in [3.63, 3.8) is 0 Å². The fourth-order valence-corrected chi connectivity index (χ4v) is 2.29. The third-order valence-electron chi connectivity index (χ3n) is 3.10. The SMILES string of the molecule is CCOC(=O)/C=N\[C@@H]1CC[C@H](Cn2cncn2)C1. The Balaban J connectivity index is 1.76. The van der Waals surface area contributed by atoms with Gasteiger partial charge < -0.3 is 4.74 Å². The van der Waals surface area contributed by atoms with Crippen LogP contribution in [0.1, 0.15) is 26.2 Å². The standard InChI is InChI=1S/C12H18N4O2/c1-2-18-12(17)6-14-11-4-3-10(5-11)7-16-9-13-8-15-16/h6,8-11H,2-5,7H2,1H3/b14-6-/t10-,11+/m0/s1. The summed E-state index contributed by atoms with van der Waals surface area (Å²) in [5.74, 6) is 0.216. The quantitative estimate of drug-likeness (QED) is 0.579. The highest BCUT2D eigenvalue weighted by atomic mass is 16.5. The molecule has 18 heavy (non-hydrogen) atoms. The average Bonchev–Trinajstić information content (AvgIpc) is 2.99. The summed E-state index contributed by atoms with van der Waals surface area (Å²) in [6, 6.07) is 0.239. The van der Waals surface area contributed by atoms with Gasteiger partial charge in [-0.05, 0) is 32.1 Å². The number of hydrogen-bond acceptors (Lipinski definition) is 5. The summed E-state index contributed by atoms with van der Waals surface area (Å²) in [4.78, 5) is 19.3. The van der Waals surface area contributed by atoms with Crippen molar-refractivity contribution in [2.45, 2.75) is 38.8 Å². The molecular weight excluding hydrogens is 232 g/mol. The molecule has 0 aromatic carbocycles. The summed E-state index contributed by atoms with van der Waals surface area (Å²) in [7, 11) is 0. The zero-order valence-electron chi connectivity index (χ0n) is 10.5. The smallest absolute Gasteiger partial charge is 0.348 e. The van der Waals surface area contributed by atoms with Crippen LogP contribution in [-0.2, 0) is 16.1 Å². The normalized spacial score (nSPS) is 23.6. The molecule has 2 atom stereocenters. The van der Waals surface area contributed by atoms with Crippen LogP contribution in [-0.4, -0.2) is 39.6 Å². The van der Waals surface area contributed by atoms with E-state index in [1.54, 1.807) is 19.6 Å². The van der Waals surface area contributed by atoms with Crippen molar-refractivity contribution >= 4 is 12.2 Å². The summed E-state index contributed by atoms with van der Waals surface area (Å²) in [6.45, 7) is 3.06. The van der Waals surface area contributed by atoms with Crippen LogP contribution in [0.25, 0.3) is 0 Å². The minimum absolute atomic E-state index is 0.239. The first-order valence-corrected chi connectivity index (χ1v) is 6.30. The highest BCUT2D eigenvalue weighted by molar-refractivity contribution is 6.23. The molecule has 0 saturated heterocycles. The van der Waals surface area contributed by atoms with Gasteiger partial charge in [0.1, 0.15) is 18.9 Å². The number of rotatable bonds is 5. The number of esters is 1. The maximum absolute atomic E-state index is 11.1. The van der Waals surface area contributed by atoms with Gasteiger partial charge in [-0.25, -0.2) is 9.78 Å². The lowest BCUT2D eigenvalue weighted by molar-refractivity contribution is -0.134. The Labute approximate surface area is 106 Å². The maximum atomic E-state index is 11.1. The molecule has 1 heterocycles. The van der Waals surface area contributed by atoms with Crippen molar-refractivity contribution in [2.75, 3.05) is 6.61 Å². The van der Waals surface area contributed by atoms with Gasteiger partial charge in [0.05, 0.1) is 12.6 Å². The van der Waals surface area contributed by atoms with E-state index < -0.39 is 0 Å². The second-order valence-corrected chi connectivity index (χ2v) is 4.48. The first kappa shape index (κ1) is 12.7. The van der Waals surface area contributed by atoms with E-state index in [0.717, 1.165) is 25.8 Å². The number of carbonyl (C=O) groups excluding carboxylic acids is 1. The van der Waals surface area contributed by atoms with E-state index >= 15 is 0 Å². The van der Waals surface area contributed by atoms with Gasteiger partial charge in [-0.15, -0.1) is 0 Å². The first-order valence-electron chi connectivity index (χ1n) is 6.30. The van der Waals surface area contributed by atoms with Gasteiger partial charge >= 0.3 is 5.97 Å². The average molecular weight is 250 g/mol. The van der Waals surface area contributed by atoms with Crippen LogP contribution in [0.3, 0.4) is 0 Å². The minimum atomic E-state index is -0.350. The Morgan fingerprint density at radius 3 is 3.22 bits per heavy atom. The summed E-state index contributed by atoms with van der Waals surface area (Å²) in [5, 5.41) is 4.10. The molecule has 1 fully saturated rings. The zero-order valence-corrected chi connectivity index (χ0v) is 10.5. The summed E-state index contributed by atoms with van der Waals surface area (Å²) in [6.07, 6.45) is 7.72. The van der Waals surface area contributed by atoms with E-state index in [0.29, 0.717) is 12.5 Å². The number of ether oxygens (including phenoxy) is 1. The molecule has 0 aliphatic heterocycles. The van der Waals surface area contributed by atoms with Crippen LogP contribution < -0.4 is 0 Å². The van der Waals surface area contributed by atoms with E-state index in [1.165, 1.54) is 6.21 Å². The summed E-state index contributed by atoms with van der Waals surface area (Å²) < 4.78 is 6.65. The van der Waals surface area contributed by atoms with Crippen molar-refractivity contribution < 1.29 is 9.53 Å². The molecular formula is C12H18N4O2. The Morgan fingerprint density at radius 1 is 1.61 bits per heavy atom. The van der Waals surface area contributed by atoms with Crippen molar-refractivity contribution in [3.05, 3.63) is 12.7 Å². The van der Waals surface area contributed by atoms with Crippen LogP contribution in [0.15, 0.2) is 17.6 Å². The Bertz CT molecular complexity index is 402. The van der Waals surface area contributed by atoms with Gasteiger partial charge in [0, 0.05) is 6.54 Å². The molecule has 1 aliphatic rings. The fourth-order valence-electron chi connectivity index (χ4n) is 2.29. The van der Waals surface area contributed by atoms with E-state index in [9.17, 15) is 4.79 Å². The molecule has 2 rings (SSSR count). The lowest BCUT2D eigenvalue weighted by Gasteiger charge is -2.08. The molecule has 6 nitrogen and oxygen atoms in total. The largest absolute Gasteiger partial charge is 0.462 e. The van der Waals surface area contributed by atoms with Gasteiger partial charge in [0.2, 0.25) is 0 Å². The van der Waals surface area contributed by atoms with Crippen molar-refractivity contribution in [3.8, 4) is 0 Å². The highest BCUT2D eigenvalue weighted by Gasteiger charge is 2.24. The molecule has 0 bridgehead atoms. The molecule has 0 unspecified atom stereocenters. The maximum Gasteiger partial charge on any atom is 0.348 e. The third-order valence-corrected chi connectivity index (χ3v) is 3.10. The van der Waals surface area contributed by atoms with Crippen molar-refractivity contribution in [2.24, 2.45) is 10.9 Å². The highest BCUT2D eigenvalue weighted by Crippen LogP contribution is 2.28. The lowest BCUT2D eigenvalue weighted by atomic mass is 10.1. The number of nitrogens with zero attached hydrogens (tertiary/aromatic N) is 4. The molecule has 0 N–H and O–H groups in total. The van der Waals surface area contributed by atoms with E-state index in [4.69, 9.17) is 4.74 Å². The molecule has 6 heteroatoms. The zero-order chi connectivity index (χ0) is 12.8. The minimum Gasteiger partial charge on any atom is -0.462 e. The molecule has 0 amide bonds. The molecule has 98 valence electrons. The van der Waals surface area contributed by atoms with Crippen LogP contribution in [0.2, 0.25) is 0 Å². The summed E-state index contributed by atoms with van der Waals surface area (Å²) >= 11 is 0. The predicted molar refractivity (Wildman–Crippen MR) is 66.3 cm³/mol. The summed E-state index contributed by atoms with van der Waals surface area (Å²) in [5.41, 5.74) is 0. The van der Waals surface area contributed by atoms with E-state index in [2.05, 4.69) is 15.1 Å². The molecule has 0 radical (unpaired) electrons. The van der Waals surface area contributed by atoms with Gasteiger partial charge in [0.15, 0.2) is 0 Å². The second-order valence-electron chi connectivity index (χ2n) is 4.48. The molecule has 0 spiro atoms. The van der Waals surface area contributed by atoms with Gasteiger partial charge in [-0.1, -0.05) is 0 Å². The van der Waals surface area contributed by atoms with Gasteiger partial charge in [-0.2, -0.15) is 5.10 Å². The lowest BCUT2D eigenvalue weighted by Crippen LogP contribution is -2.10. The Morgan fingerprint density at radius 2 is 2.50 bits per heavy atom. The van der Waals surface area contributed by atoms with Crippen LogP contribution in [0.4, 0.5) is 0 Å². The number of aromatic nitrogens is 3. The van der Waals surface area contributed by atoms with Crippen LogP contribution in [0.5, 0.6) is 0 Å².